The van der Waals surface area contributed by atoms with E-state index in [9.17, 15) is 4.79 Å². The van der Waals surface area contributed by atoms with Gasteiger partial charge in [0.25, 0.3) is 0 Å². The van der Waals surface area contributed by atoms with Crippen LogP contribution in [0, 0.1) is 0 Å². The zero-order valence-electron chi connectivity index (χ0n) is 8.55. The number of anilines is 1. The highest BCUT2D eigenvalue weighted by atomic mass is 79.9. The summed E-state index contributed by atoms with van der Waals surface area (Å²) >= 11 is 4.94. The molecule has 7 heteroatoms. The van der Waals surface area contributed by atoms with Gasteiger partial charge in [-0.15, -0.1) is 11.3 Å². The largest absolute Gasteiger partial charge is 0.476 e. The monoisotopic (exact) mass is 313 g/mol. The van der Waals surface area contributed by atoms with Gasteiger partial charge in [0.05, 0.1) is 10.3 Å². The minimum absolute atomic E-state index is 0.0666. The molecule has 17 heavy (non-hydrogen) atoms. The Kier molecular flexibility index (Phi) is 3.70. The molecule has 2 aromatic heterocycles. The smallest absolute Gasteiger partial charge is 0.358 e. The molecule has 0 aliphatic rings. The summed E-state index contributed by atoms with van der Waals surface area (Å²) in [5, 5.41) is 11.9. The van der Waals surface area contributed by atoms with E-state index in [1.165, 1.54) is 12.4 Å². The van der Waals surface area contributed by atoms with Crippen molar-refractivity contribution >= 4 is 39.1 Å². The summed E-state index contributed by atoms with van der Waals surface area (Å²) < 4.78 is 1.03. The van der Waals surface area contributed by atoms with Crippen LogP contribution in [0.5, 0.6) is 0 Å². The summed E-state index contributed by atoms with van der Waals surface area (Å²) in [6.07, 6.45) is 2.81. The lowest BCUT2D eigenvalue weighted by Gasteiger charge is -2.05. The Labute approximate surface area is 110 Å². The maximum atomic E-state index is 10.9. The third kappa shape index (κ3) is 3.01. The highest BCUT2D eigenvalue weighted by Gasteiger charge is 2.12. The van der Waals surface area contributed by atoms with Crippen molar-refractivity contribution < 1.29 is 9.90 Å². The number of rotatable bonds is 4. The van der Waals surface area contributed by atoms with E-state index < -0.39 is 5.97 Å². The van der Waals surface area contributed by atoms with Gasteiger partial charge in [-0.1, -0.05) is 0 Å². The predicted octanol–water partition coefficient (Wildman–Crippen LogP) is 2.61. The molecule has 0 saturated carbocycles. The first-order chi connectivity index (χ1) is 8.16. The van der Waals surface area contributed by atoms with Gasteiger partial charge in [-0.3, -0.25) is 0 Å². The molecule has 2 rings (SSSR count). The first kappa shape index (κ1) is 12.0. The molecule has 88 valence electrons. The van der Waals surface area contributed by atoms with Gasteiger partial charge < -0.3 is 10.4 Å². The fraction of sp³-hybridized carbons (Fsp3) is 0.100. The number of thiophene rings is 1. The van der Waals surface area contributed by atoms with Crippen molar-refractivity contribution in [3.63, 3.8) is 0 Å². The van der Waals surface area contributed by atoms with E-state index in [0.717, 1.165) is 8.66 Å². The number of halogens is 1. The highest BCUT2D eigenvalue weighted by Crippen LogP contribution is 2.22. The molecule has 0 atom stereocenters. The zero-order chi connectivity index (χ0) is 12.3. The second-order valence-corrected chi connectivity index (χ2v) is 5.67. The van der Waals surface area contributed by atoms with Gasteiger partial charge in [0.1, 0.15) is 0 Å². The molecular formula is C10H8BrN3O2S. The molecule has 0 amide bonds. The summed E-state index contributed by atoms with van der Waals surface area (Å²) in [4.78, 5) is 19.7. The molecule has 0 saturated heterocycles. The first-order valence-electron chi connectivity index (χ1n) is 4.69. The Balaban J connectivity index is 2.11. The summed E-state index contributed by atoms with van der Waals surface area (Å²) in [5.74, 6) is -0.808. The fourth-order valence-corrected chi connectivity index (χ4v) is 2.66. The highest BCUT2D eigenvalue weighted by molar-refractivity contribution is 9.11. The molecule has 0 aliphatic carbocycles. The van der Waals surface area contributed by atoms with Gasteiger partial charge in [0, 0.05) is 17.3 Å². The van der Waals surface area contributed by atoms with Crippen LogP contribution in [0.2, 0.25) is 0 Å². The van der Waals surface area contributed by atoms with Gasteiger partial charge in [-0.2, -0.15) is 0 Å². The molecular weight excluding hydrogens is 306 g/mol. The molecule has 5 nitrogen and oxygen atoms in total. The van der Waals surface area contributed by atoms with Crippen molar-refractivity contribution in [2.75, 3.05) is 5.32 Å². The molecule has 2 aromatic rings. The van der Waals surface area contributed by atoms with E-state index in [1.807, 2.05) is 12.1 Å². The standard InChI is InChI=1S/C10H8BrN3O2S/c11-7-2-1-6(17-7)5-14-9-8(10(15)16)12-3-4-13-9/h1-4H,5H2,(H,13,14)(H,15,16). The maximum absolute atomic E-state index is 10.9. The molecule has 0 aromatic carbocycles. The Morgan fingerprint density at radius 2 is 2.18 bits per heavy atom. The van der Waals surface area contributed by atoms with E-state index in [0.29, 0.717) is 6.54 Å². The molecule has 0 bridgehead atoms. The molecule has 2 N–H and O–H groups in total. The number of carboxylic acid groups (broad SMARTS) is 1. The average molecular weight is 314 g/mol. The Hall–Kier alpha value is -1.47. The van der Waals surface area contributed by atoms with Crippen LogP contribution in [0.1, 0.15) is 15.4 Å². The Morgan fingerprint density at radius 1 is 1.41 bits per heavy atom. The number of carbonyl (C=O) groups is 1. The van der Waals surface area contributed by atoms with Crippen molar-refractivity contribution in [1.82, 2.24) is 9.97 Å². The zero-order valence-corrected chi connectivity index (χ0v) is 11.0. The quantitative estimate of drug-likeness (QED) is 0.907. The van der Waals surface area contributed by atoms with Crippen LogP contribution in [-0.2, 0) is 6.54 Å². The van der Waals surface area contributed by atoms with E-state index in [4.69, 9.17) is 5.11 Å². The van der Waals surface area contributed by atoms with Crippen molar-refractivity contribution in [3.8, 4) is 0 Å². The summed E-state index contributed by atoms with van der Waals surface area (Å²) in [6, 6.07) is 3.90. The lowest BCUT2D eigenvalue weighted by Crippen LogP contribution is -2.09. The number of carboxylic acids is 1. The van der Waals surface area contributed by atoms with Crippen LogP contribution in [-0.4, -0.2) is 21.0 Å². The molecule has 0 fully saturated rings. The van der Waals surface area contributed by atoms with Crippen molar-refractivity contribution in [3.05, 3.63) is 38.9 Å². The minimum atomic E-state index is -1.09. The molecule has 0 radical (unpaired) electrons. The van der Waals surface area contributed by atoms with Crippen LogP contribution < -0.4 is 5.32 Å². The Morgan fingerprint density at radius 3 is 2.82 bits per heavy atom. The number of hydrogen-bond acceptors (Lipinski definition) is 5. The minimum Gasteiger partial charge on any atom is -0.476 e. The van der Waals surface area contributed by atoms with Crippen molar-refractivity contribution in [1.29, 1.82) is 0 Å². The normalized spacial score (nSPS) is 10.2. The lowest BCUT2D eigenvalue weighted by atomic mass is 10.4. The fourth-order valence-electron chi connectivity index (χ4n) is 1.24. The molecule has 0 spiro atoms. The van der Waals surface area contributed by atoms with Crippen LogP contribution >= 0.6 is 27.3 Å². The average Bonchev–Trinajstić information content (AvgIpc) is 2.73. The first-order valence-corrected chi connectivity index (χ1v) is 6.30. The van der Waals surface area contributed by atoms with Crippen LogP contribution in [0.4, 0.5) is 5.82 Å². The predicted molar refractivity (Wildman–Crippen MR) is 68.3 cm³/mol. The van der Waals surface area contributed by atoms with Gasteiger partial charge in [-0.25, -0.2) is 14.8 Å². The molecule has 2 heterocycles. The lowest BCUT2D eigenvalue weighted by molar-refractivity contribution is 0.0691. The van der Waals surface area contributed by atoms with Gasteiger partial charge in [0.15, 0.2) is 11.5 Å². The Bertz CT molecular complexity index is 544. The number of aromatic nitrogens is 2. The van der Waals surface area contributed by atoms with Gasteiger partial charge in [0.2, 0.25) is 0 Å². The third-order valence-electron chi connectivity index (χ3n) is 1.96. The second kappa shape index (κ2) is 5.24. The van der Waals surface area contributed by atoms with E-state index in [1.54, 1.807) is 11.3 Å². The maximum Gasteiger partial charge on any atom is 0.358 e. The van der Waals surface area contributed by atoms with Crippen LogP contribution in [0.15, 0.2) is 28.3 Å². The number of hydrogen-bond donors (Lipinski definition) is 2. The van der Waals surface area contributed by atoms with E-state index >= 15 is 0 Å². The third-order valence-corrected chi connectivity index (χ3v) is 3.58. The topological polar surface area (TPSA) is 75.1 Å². The summed E-state index contributed by atoms with van der Waals surface area (Å²) in [6.45, 7) is 0.523. The van der Waals surface area contributed by atoms with Gasteiger partial charge >= 0.3 is 5.97 Å². The number of aromatic carboxylic acids is 1. The van der Waals surface area contributed by atoms with Crippen molar-refractivity contribution in [2.45, 2.75) is 6.54 Å². The van der Waals surface area contributed by atoms with Crippen LogP contribution in [0.3, 0.4) is 0 Å². The molecule has 0 unspecified atom stereocenters. The van der Waals surface area contributed by atoms with Crippen molar-refractivity contribution in [2.24, 2.45) is 0 Å². The van der Waals surface area contributed by atoms with E-state index in [-0.39, 0.29) is 11.5 Å². The summed E-state index contributed by atoms with van der Waals surface area (Å²) in [5.41, 5.74) is -0.0666. The second-order valence-electron chi connectivity index (χ2n) is 3.12. The SMILES string of the molecule is O=C(O)c1nccnc1NCc1ccc(Br)s1. The molecule has 0 aliphatic heterocycles. The summed E-state index contributed by atoms with van der Waals surface area (Å²) in [7, 11) is 0. The van der Waals surface area contributed by atoms with Gasteiger partial charge in [-0.05, 0) is 28.1 Å². The number of nitrogens with zero attached hydrogens (tertiary/aromatic N) is 2. The van der Waals surface area contributed by atoms with E-state index in [2.05, 4.69) is 31.2 Å². The van der Waals surface area contributed by atoms with Crippen LogP contribution in [0.25, 0.3) is 0 Å². The number of nitrogens with one attached hydrogen (secondary N) is 1.